The average molecular weight is 382 g/mol. The van der Waals surface area contributed by atoms with Crippen molar-refractivity contribution >= 4 is 31.9 Å². The zero-order chi connectivity index (χ0) is 13.3. The molecule has 0 N–H and O–H groups in total. The third kappa shape index (κ3) is 5.15. The first-order valence-corrected chi connectivity index (χ1v) is 10.2. The van der Waals surface area contributed by atoms with Gasteiger partial charge >= 0.3 is 0 Å². The van der Waals surface area contributed by atoms with E-state index in [9.17, 15) is 0 Å². The van der Waals surface area contributed by atoms with Crippen molar-refractivity contribution in [3.63, 3.8) is 0 Å². The number of hydrogen-bond donors (Lipinski definition) is 0. The van der Waals surface area contributed by atoms with E-state index >= 15 is 0 Å². The summed E-state index contributed by atoms with van der Waals surface area (Å²) < 4.78 is 0. The zero-order valence-corrected chi connectivity index (χ0v) is 15.2. The molecule has 0 aromatic heterocycles. The van der Waals surface area contributed by atoms with E-state index in [-0.39, 0.29) is 0 Å². The largest absolute Gasteiger partial charge is 0.0922 e. The summed E-state index contributed by atoms with van der Waals surface area (Å²) in [6.07, 6.45) is 15.8. The molecule has 1 fully saturated rings. The first-order chi connectivity index (χ1) is 8.79. The molecule has 0 aromatic rings. The second-order valence-corrected chi connectivity index (χ2v) is 7.25. The van der Waals surface area contributed by atoms with Crippen LogP contribution in [0.15, 0.2) is 0 Å². The van der Waals surface area contributed by atoms with Gasteiger partial charge in [-0.05, 0) is 30.6 Å². The smallest absolute Gasteiger partial charge is 0.00986 e. The van der Waals surface area contributed by atoms with Crippen LogP contribution in [0.25, 0.3) is 0 Å². The molecule has 0 amide bonds. The van der Waals surface area contributed by atoms with E-state index in [1.165, 1.54) is 81.3 Å². The van der Waals surface area contributed by atoms with Gasteiger partial charge in [-0.2, -0.15) is 0 Å². The molecule has 0 spiro atoms. The van der Waals surface area contributed by atoms with Crippen LogP contribution in [0.1, 0.15) is 77.6 Å². The van der Waals surface area contributed by atoms with E-state index < -0.39 is 0 Å². The summed E-state index contributed by atoms with van der Waals surface area (Å²) in [4.78, 5) is 0. The Hall–Kier alpha value is 0.960. The van der Waals surface area contributed by atoms with Crippen molar-refractivity contribution in [3.05, 3.63) is 0 Å². The first kappa shape index (κ1) is 17.0. The molecule has 0 bridgehead atoms. The van der Waals surface area contributed by atoms with Crippen LogP contribution >= 0.6 is 31.9 Å². The Bertz CT molecular complexity index is 193. The molecule has 0 radical (unpaired) electrons. The Morgan fingerprint density at radius 1 is 0.889 bits per heavy atom. The van der Waals surface area contributed by atoms with Gasteiger partial charge in [0.1, 0.15) is 0 Å². The highest BCUT2D eigenvalue weighted by atomic mass is 79.9. The van der Waals surface area contributed by atoms with Gasteiger partial charge in [0, 0.05) is 10.7 Å². The Morgan fingerprint density at radius 2 is 1.44 bits per heavy atom. The maximum absolute atomic E-state index is 3.81. The highest BCUT2D eigenvalue weighted by Crippen LogP contribution is 2.45. The topological polar surface area (TPSA) is 0 Å². The monoisotopic (exact) mass is 380 g/mol. The van der Waals surface area contributed by atoms with Crippen molar-refractivity contribution in [3.8, 4) is 0 Å². The van der Waals surface area contributed by atoms with E-state index in [0.29, 0.717) is 5.41 Å². The number of unbranched alkanes of at least 4 members (excludes halogenated alkanes) is 5. The molecular weight excluding hydrogens is 352 g/mol. The summed E-state index contributed by atoms with van der Waals surface area (Å²) in [5, 5.41) is 2.37. The van der Waals surface area contributed by atoms with Gasteiger partial charge in [0.25, 0.3) is 0 Å². The molecule has 0 aliphatic heterocycles. The third-order valence-corrected chi connectivity index (χ3v) is 7.02. The number of alkyl halides is 2. The maximum Gasteiger partial charge on any atom is 0.00986 e. The Kier molecular flexibility index (Phi) is 9.26. The van der Waals surface area contributed by atoms with E-state index in [2.05, 4.69) is 38.8 Å². The van der Waals surface area contributed by atoms with Crippen molar-refractivity contribution in [1.82, 2.24) is 0 Å². The van der Waals surface area contributed by atoms with Crippen molar-refractivity contribution in [1.29, 1.82) is 0 Å². The third-order valence-electron chi connectivity index (χ3n) is 4.78. The molecule has 0 saturated heterocycles. The minimum atomic E-state index is 0.543. The molecule has 108 valence electrons. The zero-order valence-electron chi connectivity index (χ0n) is 12.0. The van der Waals surface area contributed by atoms with Crippen LogP contribution in [0, 0.1) is 11.3 Å². The molecule has 0 heterocycles. The van der Waals surface area contributed by atoms with Gasteiger partial charge in [0.05, 0.1) is 0 Å². The summed E-state index contributed by atoms with van der Waals surface area (Å²) in [7, 11) is 0. The lowest BCUT2D eigenvalue weighted by Crippen LogP contribution is -2.32. The van der Waals surface area contributed by atoms with Gasteiger partial charge in [-0.15, -0.1) is 0 Å². The lowest BCUT2D eigenvalue weighted by atomic mass is 9.74. The van der Waals surface area contributed by atoms with Crippen LogP contribution < -0.4 is 0 Å². The minimum Gasteiger partial charge on any atom is -0.0922 e. The van der Waals surface area contributed by atoms with Crippen LogP contribution in [0.3, 0.4) is 0 Å². The highest BCUT2D eigenvalue weighted by molar-refractivity contribution is 9.09. The van der Waals surface area contributed by atoms with Crippen LogP contribution in [0.2, 0.25) is 0 Å². The van der Waals surface area contributed by atoms with Crippen molar-refractivity contribution in [2.24, 2.45) is 11.3 Å². The predicted octanol–water partition coefficient (Wildman–Crippen LogP) is 6.70. The van der Waals surface area contributed by atoms with Crippen LogP contribution in [0.4, 0.5) is 0 Å². The number of rotatable bonds is 10. The molecular formula is C16H30Br2. The molecule has 1 aliphatic rings. The van der Waals surface area contributed by atoms with Crippen LogP contribution in [0.5, 0.6) is 0 Å². The lowest BCUT2D eigenvalue weighted by molar-refractivity contribution is 0.209. The van der Waals surface area contributed by atoms with E-state index in [1.54, 1.807) is 0 Å². The molecule has 0 aromatic carbocycles. The van der Waals surface area contributed by atoms with E-state index in [4.69, 9.17) is 0 Å². The number of hydrogen-bond acceptors (Lipinski definition) is 0. The second-order valence-electron chi connectivity index (χ2n) is 6.13. The normalized spacial score (nSPS) is 17.5. The van der Waals surface area contributed by atoms with Gasteiger partial charge in [-0.1, -0.05) is 90.2 Å². The quantitative estimate of drug-likeness (QED) is 0.291. The standard InChI is InChI=1S/C16H30Br2/c1-2-3-4-5-6-9-12-16(13-17,14-18)15-10-7-8-11-15/h15H,2-14H2,1H3. The molecule has 0 unspecified atom stereocenters. The summed E-state index contributed by atoms with van der Waals surface area (Å²) in [6, 6.07) is 0. The molecule has 1 aliphatic carbocycles. The van der Waals surface area contributed by atoms with E-state index in [1.807, 2.05) is 0 Å². The SMILES string of the molecule is CCCCCCCCC(CBr)(CBr)C1CCCC1. The van der Waals surface area contributed by atoms with Gasteiger partial charge in [-0.3, -0.25) is 0 Å². The molecule has 2 heteroatoms. The minimum absolute atomic E-state index is 0.543. The second kappa shape index (κ2) is 9.80. The van der Waals surface area contributed by atoms with E-state index in [0.717, 1.165) is 5.92 Å². The Balaban J connectivity index is 2.28. The molecule has 1 saturated carbocycles. The highest BCUT2D eigenvalue weighted by Gasteiger charge is 2.37. The van der Waals surface area contributed by atoms with Crippen LogP contribution in [-0.2, 0) is 0 Å². The molecule has 0 atom stereocenters. The predicted molar refractivity (Wildman–Crippen MR) is 90.0 cm³/mol. The lowest BCUT2D eigenvalue weighted by Gasteiger charge is -2.36. The van der Waals surface area contributed by atoms with Gasteiger partial charge in [0.15, 0.2) is 0 Å². The number of halogens is 2. The summed E-state index contributed by atoms with van der Waals surface area (Å²) in [6.45, 7) is 2.29. The molecule has 18 heavy (non-hydrogen) atoms. The van der Waals surface area contributed by atoms with Crippen molar-refractivity contribution in [2.75, 3.05) is 10.7 Å². The summed E-state index contributed by atoms with van der Waals surface area (Å²) in [5.41, 5.74) is 0.543. The molecule has 0 nitrogen and oxygen atoms in total. The Labute approximate surface area is 131 Å². The van der Waals surface area contributed by atoms with Crippen molar-refractivity contribution < 1.29 is 0 Å². The summed E-state index contributed by atoms with van der Waals surface area (Å²) >= 11 is 7.61. The molecule has 1 rings (SSSR count). The van der Waals surface area contributed by atoms with Gasteiger partial charge < -0.3 is 0 Å². The van der Waals surface area contributed by atoms with Crippen molar-refractivity contribution in [2.45, 2.75) is 77.6 Å². The van der Waals surface area contributed by atoms with Crippen LogP contribution in [-0.4, -0.2) is 10.7 Å². The van der Waals surface area contributed by atoms with Gasteiger partial charge in [-0.25, -0.2) is 0 Å². The van der Waals surface area contributed by atoms with Gasteiger partial charge in [0.2, 0.25) is 0 Å². The maximum atomic E-state index is 3.81. The fourth-order valence-corrected chi connectivity index (χ4v) is 5.79. The first-order valence-electron chi connectivity index (χ1n) is 7.91. The fraction of sp³-hybridized carbons (Fsp3) is 1.00. The average Bonchev–Trinajstić information content (AvgIpc) is 2.93. The summed E-state index contributed by atoms with van der Waals surface area (Å²) in [5.74, 6) is 0.965. The Morgan fingerprint density at radius 3 is 2.00 bits per heavy atom. The fourth-order valence-electron chi connectivity index (χ4n) is 3.39.